The lowest BCUT2D eigenvalue weighted by atomic mass is 10.0. The molecule has 0 saturated carbocycles. The maximum atomic E-state index is 12.9. The van der Waals surface area contributed by atoms with Crippen LogP contribution in [0.25, 0.3) is 17.2 Å². The second-order valence-corrected chi connectivity index (χ2v) is 7.69. The number of hydrogen-bond acceptors (Lipinski definition) is 6. The predicted molar refractivity (Wildman–Crippen MR) is 126 cm³/mol. The summed E-state index contributed by atoms with van der Waals surface area (Å²) < 4.78 is 10.5. The van der Waals surface area contributed by atoms with E-state index in [1.807, 2.05) is 37.3 Å². The number of ether oxygens (including phenoxy) is 2. The minimum Gasteiger partial charge on any atom is -0.496 e. The van der Waals surface area contributed by atoms with Gasteiger partial charge in [-0.25, -0.2) is 4.79 Å². The highest BCUT2D eigenvalue weighted by Crippen LogP contribution is 2.36. The maximum Gasteiger partial charge on any atom is 0.341 e. The molecule has 2 aromatic carbocycles. The monoisotopic (exact) mass is 446 g/mol. The van der Waals surface area contributed by atoms with Crippen molar-refractivity contribution in [3.63, 3.8) is 0 Å². The van der Waals surface area contributed by atoms with Crippen molar-refractivity contribution in [2.45, 2.75) is 13.8 Å². The van der Waals surface area contributed by atoms with Gasteiger partial charge in [-0.15, -0.1) is 11.3 Å². The zero-order valence-corrected chi connectivity index (χ0v) is 18.8. The predicted octanol–water partition coefficient (Wildman–Crippen LogP) is 5.45. The molecule has 32 heavy (non-hydrogen) atoms. The second kappa shape index (κ2) is 10.4. The number of rotatable bonds is 7. The standard InChI is InChI=1S/C25H22N2O4S/c1-4-31-25(29)22-20(17-11-9-16(2)10-12-17)15-32-24(22)27-23(28)19(14-26)13-18-7-5-6-8-21(18)30-3/h5-13,15H,4H2,1-3H3,(H,27,28)/b19-13-. The van der Waals surface area contributed by atoms with Gasteiger partial charge in [0.25, 0.3) is 5.91 Å². The van der Waals surface area contributed by atoms with Crippen molar-refractivity contribution in [1.29, 1.82) is 5.26 Å². The number of thiophene rings is 1. The topological polar surface area (TPSA) is 88.4 Å². The molecule has 1 N–H and O–H groups in total. The highest BCUT2D eigenvalue weighted by Gasteiger charge is 2.24. The zero-order valence-electron chi connectivity index (χ0n) is 18.0. The van der Waals surface area contributed by atoms with Crippen molar-refractivity contribution in [3.05, 3.63) is 76.2 Å². The number of benzene rings is 2. The Hall–Kier alpha value is -3.89. The molecule has 0 fully saturated rings. The number of carbonyl (C=O) groups excluding carboxylic acids is 2. The van der Waals surface area contributed by atoms with Gasteiger partial charge >= 0.3 is 5.97 Å². The third kappa shape index (κ3) is 5.05. The number of nitrogens with zero attached hydrogens (tertiary/aromatic N) is 1. The smallest absolute Gasteiger partial charge is 0.341 e. The molecule has 3 rings (SSSR count). The normalized spacial score (nSPS) is 10.9. The lowest BCUT2D eigenvalue weighted by Gasteiger charge is -2.09. The Balaban J connectivity index is 1.97. The van der Waals surface area contributed by atoms with Crippen molar-refractivity contribution in [2.75, 3.05) is 19.0 Å². The van der Waals surface area contributed by atoms with Crippen LogP contribution in [-0.2, 0) is 9.53 Å². The molecule has 1 amide bonds. The summed E-state index contributed by atoms with van der Waals surface area (Å²) in [6, 6.07) is 16.7. The van der Waals surface area contributed by atoms with Gasteiger partial charge in [0.05, 0.1) is 13.7 Å². The number of anilines is 1. The SMILES string of the molecule is CCOC(=O)c1c(-c2ccc(C)cc2)csc1NC(=O)/C(C#N)=C\c1ccccc1OC. The molecule has 0 bridgehead atoms. The Morgan fingerprint density at radius 1 is 1.16 bits per heavy atom. The van der Waals surface area contributed by atoms with Gasteiger partial charge < -0.3 is 14.8 Å². The Kier molecular flexibility index (Phi) is 7.42. The van der Waals surface area contributed by atoms with Crippen molar-refractivity contribution >= 4 is 34.3 Å². The average Bonchev–Trinajstić information content (AvgIpc) is 3.21. The van der Waals surface area contributed by atoms with E-state index in [1.54, 1.807) is 36.6 Å². The van der Waals surface area contributed by atoms with Gasteiger partial charge in [-0.1, -0.05) is 48.0 Å². The minimum atomic E-state index is -0.624. The molecule has 6 nitrogen and oxygen atoms in total. The molecule has 7 heteroatoms. The summed E-state index contributed by atoms with van der Waals surface area (Å²) in [5, 5.41) is 14.4. The third-order valence-corrected chi connectivity index (χ3v) is 5.56. The molecule has 0 atom stereocenters. The van der Waals surface area contributed by atoms with Crippen LogP contribution in [0.15, 0.2) is 59.5 Å². The van der Waals surface area contributed by atoms with E-state index >= 15 is 0 Å². The number of methoxy groups -OCH3 is 1. The van der Waals surface area contributed by atoms with E-state index in [9.17, 15) is 14.9 Å². The Morgan fingerprint density at radius 3 is 2.53 bits per heavy atom. The Bertz CT molecular complexity index is 1200. The molecular weight excluding hydrogens is 424 g/mol. The number of aryl methyl sites for hydroxylation is 1. The van der Waals surface area contributed by atoms with E-state index in [0.717, 1.165) is 11.1 Å². The zero-order chi connectivity index (χ0) is 23.1. The van der Waals surface area contributed by atoms with Crippen LogP contribution in [0.5, 0.6) is 5.75 Å². The lowest BCUT2D eigenvalue weighted by Crippen LogP contribution is -2.16. The maximum absolute atomic E-state index is 12.9. The van der Waals surface area contributed by atoms with Crippen LogP contribution >= 0.6 is 11.3 Å². The van der Waals surface area contributed by atoms with Crippen LogP contribution in [0, 0.1) is 18.3 Å². The van der Waals surface area contributed by atoms with Crippen LogP contribution < -0.4 is 10.1 Å². The summed E-state index contributed by atoms with van der Waals surface area (Å²) in [5.41, 5.74) is 3.34. The highest BCUT2D eigenvalue weighted by molar-refractivity contribution is 7.15. The van der Waals surface area contributed by atoms with Crippen molar-refractivity contribution in [3.8, 4) is 22.9 Å². The van der Waals surface area contributed by atoms with Crippen molar-refractivity contribution < 1.29 is 19.1 Å². The molecule has 1 heterocycles. The van der Waals surface area contributed by atoms with Gasteiger partial charge in [-0.2, -0.15) is 5.26 Å². The van der Waals surface area contributed by atoms with E-state index in [0.29, 0.717) is 21.9 Å². The number of esters is 1. The number of nitrogens with one attached hydrogen (secondary N) is 1. The molecule has 162 valence electrons. The summed E-state index contributed by atoms with van der Waals surface area (Å²) in [5.74, 6) is -0.619. The molecule has 3 aromatic rings. The molecule has 0 unspecified atom stereocenters. The van der Waals surface area contributed by atoms with E-state index in [4.69, 9.17) is 9.47 Å². The van der Waals surface area contributed by atoms with Gasteiger partial charge in [0.15, 0.2) is 0 Å². The summed E-state index contributed by atoms with van der Waals surface area (Å²) in [6.07, 6.45) is 1.45. The molecule has 1 aromatic heterocycles. The minimum absolute atomic E-state index is 0.116. The van der Waals surface area contributed by atoms with Crippen LogP contribution in [0.1, 0.15) is 28.4 Å². The first kappa shape index (κ1) is 22.8. The fourth-order valence-electron chi connectivity index (χ4n) is 3.06. The first-order chi connectivity index (χ1) is 15.5. The van der Waals surface area contributed by atoms with Crippen LogP contribution in [0.3, 0.4) is 0 Å². The first-order valence-electron chi connectivity index (χ1n) is 9.90. The summed E-state index contributed by atoms with van der Waals surface area (Å²) >= 11 is 1.21. The first-order valence-corrected chi connectivity index (χ1v) is 10.8. The van der Waals surface area contributed by atoms with Gasteiger partial charge in [-0.3, -0.25) is 4.79 Å². The molecule has 0 saturated heterocycles. The van der Waals surface area contributed by atoms with E-state index in [-0.39, 0.29) is 17.7 Å². The fourth-order valence-corrected chi connectivity index (χ4v) is 4.01. The van der Waals surface area contributed by atoms with Crippen molar-refractivity contribution in [1.82, 2.24) is 0 Å². The summed E-state index contributed by atoms with van der Waals surface area (Å²) in [7, 11) is 1.52. The molecule has 0 aliphatic rings. The quantitative estimate of drug-likeness (QED) is 0.296. The van der Waals surface area contributed by atoms with Gasteiger partial charge in [0.2, 0.25) is 0 Å². The van der Waals surface area contributed by atoms with E-state index in [1.165, 1.54) is 24.5 Å². The summed E-state index contributed by atoms with van der Waals surface area (Å²) in [6.45, 7) is 3.90. The summed E-state index contributed by atoms with van der Waals surface area (Å²) in [4.78, 5) is 25.6. The molecule has 0 spiro atoms. The van der Waals surface area contributed by atoms with E-state index < -0.39 is 11.9 Å². The van der Waals surface area contributed by atoms with Crippen molar-refractivity contribution in [2.24, 2.45) is 0 Å². The van der Waals surface area contributed by atoms with Gasteiger partial charge in [0, 0.05) is 16.5 Å². The molecular formula is C25H22N2O4S. The Labute approximate surface area is 190 Å². The average molecular weight is 447 g/mol. The van der Waals surface area contributed by atoms with Crippen LogP contribution in [-0.4, -0.2) is 25.6 Å². The Morgan fingerprint density at radius 2 is 1.88 bits per heavy atom. The lowest BCUT2D eigenvalue weighted by molar-refractivity contribution is -0.112. The largest absolute Gasteiger partial charge is 0.496 e. The molecule has 0 aliphatic carbocycles. The van der Waals surface area contributed by atoms with Gasteiger partial charge in [0.1, 0.15) is 28.0 Å². The van der Waals surface area contributed by atoms with Gasteiger partial charge in [-0.05, 0) is 31.6 Å². The van der Waals surface area contributed by atoms with Crippen LogP contribution in [0.2, 0.25) is 0 Å². The fraction of sp³-hybridized carbons (Fsp3) is 0.160. The van der Waals surface area contributed by atoms with Crippen LogP contribution in [0.4, 0.5) is 5.00 Å². The van der Waals surface area contributed by atoms with E-state index in [2.05, 4.69) is 5.32 Å². The number of amides is 1. The highest BCUT2D eigenvalue weighted by atomic mass is 32.1. The second-order valence-electron chi connectivity index (χ2n) is 6.81. The number of para-hydroxylation sites is 1. The number of carbonyl (C=O) groups is 2. The molecule has 0 aliphatic heterocycles. The number of nitriles is 1. The third-order valence-electron chi connectivity index (χ3n) is 4.66. The molecule has 0 radical (unpaired) electrons. The number of hydrogen-bond donors (Lipinski definition) is 1.